The number of halogens is 1. The maximum atomic E-state index is 6.66. The molecule has 39 heavy (non-hydrogen) atoms. The van der Waals surface area contributed by atoms with Gasteiger partial charge in [-0.05, 0) is 29.5 Å². The van der Waals surface area contributed by atoms with Crippen molar-refractivity contribution in [3.05, 3.63) is 108 Å². The lowest BCUT2D eigenvalue weighted by Gasteiger charge is -2.45. The zero-order chi connectivity index (χ0) is 26.7. The zero-order valence-corrected chi connectivity index (χ0v) is 24.6. The Balaban J connectivity index is 1.34. The van der Waals surface area contributed by atoms with E-state index in [1.807, 2.05) is 54.6 Å². The zero-order valence-electron chi connectivity index (χ0n) is 22.4. The van der Waals surface area contributed by atoms with Crippen LogP contribution in [0.15, 0.2) is 91.0 Å². The summed E-state index contributed by atoms with van der Waals surface area (Å²) in [5, 5.41) is 0. The number of hydrogen-bond donors (Lipinski definition) is 0. The highest BCUT2D eigenvalue weighted by Gasteiger charge is 2.47. The van der Waals surface area contributed by atoms with Gasteiger partial charge in [0, 0.05) is 0 Å². The van der Waals surface area contributed by atoms with Gasteiger partial charge in [-0.1, -0.05) is 133 Å². The van der Waals surface area contributed by atoms with Crippen LogP contribution in [0.25, 0.3) is 0 Å². The normalized spacial score (nSPS) is 25.9. The standard InChI is InChI=1S/C33H39IO5/c34-30-32(37-23-27-17-9-3-10-18-27)31(36-22-26-15-7-2-8-16-26)29(24-35-21-25-13-5-1-6-14-25)39-33(30)38-28-19-11-4-12-20-28/h1-3,5-10,13-18,28-33H,4,11-12,19-24H2/t29-,30-,31-,32-,33-/m1/s1. The Kier molecular flexibility index (Phi) is 11.2. The monoisotopic (exact) mass is 642 g/mol. The Labute approximate surface area is 246 Å². The van der Waals surface area contributed by atoms with Crippen LogP contribution >= 0.6 is 22.6 Å². The number of alkyl halides is 1. The summed E-state index contributed by atoms with van der Waals surface area (Å²) in [5.41, 5.74) is 3.39. The number of hydrogen-bond acceptors (Lipinski definition) is 5. The minimum atomic E-state index is -0.378. The molecule has 0 bridgehead atoms. The fraction of sp³-hybridized carbons (Fsp3) is 0.455. The summed E-state index contributed by atoms with van der Waals surface area (Å²) in [6.45, 7) is 1.90. The van der Waals surface area contributed by atoms with E-state index >= 15 is 0 Å². The van der Waals surface area contributed by atoms with Crippen LogP contribution in [0.5, 0.6) is 0 Å². The average Bonchev–Trinajstić information content (AvgIpc) is 2.99. The lowest BCUT2D eigenvalue weighted by Crippen LogP contribution is -2.59. The molecule has 5 rings (SSSR count). The Morgan fingerprint density at radius 1 is 0.641 bits per heavy atom. The van der Waals surface area contributed by atoms with Crippen molar-refractivity contribution in [2.75, 3.05) is 6.61 Å². The van der Waals surface area contributed by atoms with Gasteiger partial charge in [-0.25, -0.2) is 0 Å². The SMILES string of the molecule is I[C@H]1[C@H](OC2CCCCC2)O[C@H](COCc2ccccc2)[C@@H](OCc2ccccc2)[C@@H]1OCc1ccccc1. The molecule has 3 aromatic rings. The molecule has 1 aliphatic carbocycles. The molecule has 2 aliphatic rings. The smallest absolute Gasteiger partial charge is 0.172 e. The molecule has 0 N–H and O–H groups in total. The summed E-state index contributed by atoms with van der Waals surface area (Å²) in [4.78, 5) is 0. The van der Waals surface area contributed by atoms with E-state index in [4.69, 9.17) is 23.7 Å². The van der Waals surface area contributed by atoms with Crippen molar-refractivity contribution >= 4 is 22.6 Å². The minimum absolute atomic E-state index is 0.0283. The van der Waals surface area contributed by atoms with Crippen LogP contribution in [0.3, 0.4) is 0 Å². The molecule has 1 saturated heterocycles. The van der Waals surface area contributed by atoms with E-state index in [9.17, 15) is 0 Å². The Morgan fingerprint density at radius 3 is 1.72 bits per heavy atom. The van der Waals surface area contributed by atoms with Crippen LogP contribution in [0.4, 0.5) is 0 Å². The van der Waals surface area contributed by atoms with Gasteiger partial charge in [0.1, 0.15) is 18.3 Å². The van der Waals surface area contributed by atoms with Gasteiger partial charge in [0.05, 0.1) is 36.5 Å². The van der Waals surface area contributed by atoms with E-state index in [0.717, 1.165) is 29.5 Å². The van der Waals surface area contributed by atoms with Gasteiger partial charge in [-0.15, -0.1) is 0 Å². The summed E-state index contributed by atoms with van der Waals surface area (Å²) in [6, 6.07) is 30.8. The first-order valence-electron chi connectivity index (χ1n) is 14.1. The molecule has 0 aromatic heterocycles. The molecule has 3 aromatic carbocycles. The molecule has 5 nitrogen and oxygen atoms in total. The van der Waals surface area contributed by atoms with E-state index in [2.05, 4.69) is 59.0 Å². The van der Waals surface area contributed by atoms with Crippen molar-refractivity contribution in [3.8, 4) is 0 Å². The Bertz CT molecular complexity index is 1080. The lowest BCUT2D eigenvalue weighted by molar-refractivity contribution is -0.283. The van der Waals surface area contributed by atoms with E-state index < -0.39 is 0 Å². The van der Waals surface area contributed by atoms with Crippen molar-refractivity contribution in [2.24, 2.45) is 0 Å². The van der Waals surface area contributed by atoms with Crippen LogP contribution < -0.4 is 0 Å². The summed E-state index contributed by atoms with van der Waals surface area (Å²) in [7, 11) is 0. The van der Waals surface area contributed by atoms with Crippen LogP contribution in [-0.4, -0.2) is 41.2 Å². The van der Waals surface area contributed by atoms with E-state index in [1.54, 1.807) is 0 Å². The second-order valence-electron chi connectivity index (χ2n) is 10.4. The highest BCUT2D eigenvalue weighted by atomic mass is 127. The predicted molar refractivity (Wildman–Crippen MR) is 161 cm³/mol. The molecular weight excluding hydrogens is 603 g/mol. The number of benzene rings is 3. The van der Waals surface area contributed by atoms with E-state index in [0.29, 0.717) is 26.4 Å². The van der Waals surface area contributed by atoms with Gasteiger partial charge in [0.15, 0.2) is 6.29 Å². The van der Waals surface area contributed by atoms with Gasteiger partial charge in [0.25, 0.3) is 0 Å². The van der Waals surface area contributed by atoms with Crippen molar-refractivity contribution in [2.45, 2.75) is 86.6 Å². The molecule has 208 valence electrons. The molecule has 1 saturated carbocycles. The summed E-state index contributed by atoms with van der Waals surface area (Å²) >= 11 is 2.45. The fourth-order valence-electron chi connectivity index (χ4n) is 5.29. The fourth-order valence-corrected chi connectivity index (χ4v) is 6.25. The molecule has 6 heteroatoms. The molecule has 0 spiro atoms. The molecule has 0 unspecified atom stereocenters. The molecule has 0 radical (unpaired) electrons. The molecular formula is C33H39IO5. The maximum Gasteiger partial charge on any atom is 0.172 e. The third-order valence-electron chi connectivity index (χ3n) is 7.42. The predicted octanol–water partition coefficient (Wildman–Crippen LogP) is 7.25. The van der Waals surface area contributed by atoms with Crippen molar-refractivity contribution in [3.63, 3.8) is 0 Å². The maximum absolute atomic E-state index is 6.66. The second-order valence-corrected chi connectivity index (χ2v) is 11.8. The van der Waals surface area contributed by atoms with E-state index in [-0.39, 0.29) is 34.6 Å². The number of ether oxygens (including phenoxy) is 5. The second kappa shape index (κ2) is 15.3. The van der Waals surface area contributed by atoms with Gasteiger partial charge in [0.2, 0.25) is 0 Å². The minimum Gasteiger partial charge on any atom is -0.374 e. The first-order chi connectivity index (χ1) is 19.3. The van der Waals surface area contributed by atoms with E-state index in [1.165, 1.54) is 19.3 Å². The quantitative estimate of drug-likeness (QED) is 0.154. The lowest BCUT2D eigenvalue weighted by atomic mass is 9.97. The Hall–Kier alpha value is -1.81. The van der Waals surface area contributed by atoms with Crippen molar-refractivity contribution in [1.82, 2.24) is 0 Å². The molecule has 1 heterocycles. The molecule has 1 aliphatic heterocycles. The Morgan fingerprint density at radius 2 is 1.15 bits per heavy atom. The first kappa shape index (κ1) is 28.7. The third kappa shape index (κ3) is 8.59. The third-order valence-corrected chi connectivity index (χ3v) is 8.71. The molecule has 5 atom stereocenters. The topological polar surface area (TPSA) is 46.2 Å². The van der Waals surface area contributed by atoms with Crippen LogP contribution in [0, 0.1) is 0 Å². The van der Waals surface area contributed by atoms with Crippen molar-refractivity contribution < 1.29 is 23.7 Å². The summed E-state index contributed by atoms with van der Waals surface area (Å²) < 4.78 is 32.7. The highest BCUT2D eigenvalue weighted by Crippen LogP contribution is 2.35. The number of rotatable bonds is 12. The van der Waals surface area contributed by atoms with Gasteiger partial charge in [-0.3, -0.25) is 0 Å². The van der Waals surface area contributed by atoms with Crippen molar-refractivity contribution in [1.29, 1.82) is 0 Å². The van der Waals surface area contributed by atoms with Crippen LogP contribution in [-0.2, 0) is 43.5 Å². The van der Waals surface area contributed by atoms with Gasteiger partial charge >= 0.3 is 0 Å². The van der Waals surface area contributed by atoms with Gasteiger partial charge in [-0.2, -0.15) is 0 Å². The highest BCUT2D eigenvalue weighted by molar-refractivity contribution is 14.1. The average molecular weight is 643 g/mol. The summed E-state index contributed by atoms with van der Waals surface area (Å²) in [6.07, 6.45) is 4.88. The summed E-state index contributed by atoms with van der Waals surface area (Å²) in [5.74, 6) is 0. The molecule has 2 fully saturated rings. The largest absolute Gasteiger partial charge is 0.374 e. The van der Waals surface area contributed by atoms with Crippen LogP contribution in [0.1, 0.15) is 48.8 Å². The van der Waals surface area contributed by atoms with Crippen LogP contribution in [0.2, 0.25) is 0 Å². The van der Waals surface area contributed by atoms with Gasteiger partial charge < -0.3 is 23.7 Å². The first-order valence-corrected chi connectivity index (χ1v) is 15.4. The molecule has 0 amide bonds.